The Bertz CT molecular complexity index is 542. The second-order valence-electron chi connectivity index (χ2n) is 3.87. The van der Waals surface area contributed by atoms with E-state index in [-0.39, 0.29) is 0 Å². The van der Waals surface area contributed by atoms with Gasteiger partial charge in [-0.1, -0.05) is 15.9 Å². The van der Waals surface area contributed by atoms with Crippen molar-refractivity contribution < 1.29 is 4.74 Å². The summed E-state index contributed by atoms with van der Waals surface area (Å²) in [5, 5.41) is 0. The zero-order chi connectivity index (χ0) is 13.1. The van der Waals surface area contributed by atoms with E-state index in [9.17, 15) is 0 Å². The molecule has 2 aromatic rings. The van der Waals surface area contributed by atoms with E-state index in [4.69, 9.17) is 10.5 Å². The van der Waals surface area contributed by atoms with Crippen LogP contribution < -0.4 is 15.4 Å². The van der Waals surface area contributed by atoms with Crippen molar-refractivity contribution in [1.82, 2.24) is 9.97 Å². The Labute approximate surface area is 114 Å². The van der Waals surface area contributed by atoms with Crippen molar-refractivity contribution in [2.45, 2.75) is 0 Å². The van der Waals surface area contributed by atoms with Gasteiger partial charge in [0.25, 0.3) is 0 Å². The first-order valence-corrected chi connectivity index (χ1v) is 6.08. The first kappa shape index (κ1) is 12.6. The molecule has 1 heterocycles. The molecule has 0 fully saturated rings. The second-order valence-corrected chi connectivity index (χ2v) is 4.78. The molecule has 0 radical (unpaired) electrons. The van der Waals surface area contributed by atoms with Gasteiger partial charge in [0.2, 0.25) is 5.88 Å². The fourth-order valence-electron chi connectivity index (χ4n) is 1.42. The molecule has 0 aliphatic heterocycles. The van der Waals surface area contributed by atoms with E-state index in [1.807, 2.05) is 43.3 Å². The Balaban J connectivity index is 2.29. The Morgan fingerprint density at radius 3 is 2.44 bits per heavy atom. The number of ether oxygens (including phenoxy) is 1. The maximum Gasteiger partial charge on any atom is 0.248 e. The van der Waals surface area contributed by atoms with Crippen molar-refractivity contribution in [3.05, 3.63) is 35.1 Å². The van der Waals surface area contributed by atoms with E-state index in [0.29, 0.717) is 23.1 Å². The monoisotopic (exact) mass is 308 g/mol. The van der Waals surface area contributed by atoms with Crippen molar-refractivity contribution in [2.75, 3.05) is 24.7 Å². The van der Waals surface area contributed by atoms with Gasteiger partial charge in [-0.3, -0.25) is 0 Å². The van der Waals surface area contributed by atoms with Gasteiger partial charge in [0.15, 0.2) is 5.82 Å². The number of aromatic nitrogens is 2. The maximum absolute atomic E-state index is 5.96. The summed E-state index contributed by atoms with van der Waals surface area (Å²) in [6.45, 7) is 0. The van der Waals surface area contributed by atoms with Gasteiger partial charge in [0.05, 0.1) is 0 Å². The molecule has 2 rings (SSSR count). The molecule has 0 spiro atoms. The second kappa shape index (κ2) is 5.22. The summed E-state index contributed by atoms with van der Waals surface area (Å²) in [5.74, 6) is 1.67. The summed E-state index contributed by atoms with van der Waals surface area (Å²) >= 11 is 3.36. The SMILES string of the molecule is CN(C)c1ncnc(Oc2ccc(Br)cc2)c1N. The van der Waals surface area contributed by atoms with E-state index >= 15 is 0 Å². The lowest BCUT2D eigenvalue weighted by molar-refractivity contribution is 0.464. The molecule has 0 unspecified atom stereocenters. The fourth-order valence-corrected chi connectivity index (χ4v) is 1.69. The van der Waals surface area contributed by atoms with Gasteiger partial charge in [-0.05, 0) is 24.3 Å². The number of anilines is 2. The molecule has 0 aliphatic carbocycles. The van der Waals surface area contributed by atoms with Crippen LogP contribution in [-0.4, -0.2) is 24.1 Å². The molecule has 0 amide bonds. The minimum absolute atomic E-state index is 0.357. The largest absolute Gasteiger partial charge is 0.437 e. The molecule has 0 saturated heterocycles. The molecule has 18 heavy (non-hydrogen) atoms. The molecule has 1 aromatic carbocycles. The van der Waals surface area contributed by atoms with Crippen LogP contribution in [0.5, 0.6) is 11.6 Å². The summed E-state index contributed by atoms with van der Waals surface area (Å²) in [6, 6.07) is 7.45. The van der Waals surface area contributed by atoms with Crippen LogP contribution in [0, 0.1) is 0 Å². The van der Waals surface area contributed by atoms with Crippen LogP contribution in [0.15, 0.2) is 35.1 Å². The molecular formula is C12H13BrN4O. The molecule has 0 saturated carbocycles. The maximum atomic E-state index is 5.96. The van der Waals surface area contributed by atoms with Gasteiger partial charge in [-0.15, -0.1) is 0 Å². The normalized spacial score (nSPS) is 10.2. The van der Waals surface area contributed by atoms with Gasteiger partial charge in [-0.2, -0.15) is 4.98 Å². The third-order valence-electron chi connectivity index (χ3n) is 2.28. The van der Waals surface area contributed by atoms with E-state index in [1.54, 1.807) is 0 Å². The van der Waals surface area contributed by atoms with Crippen LogP contribution in [0.3, 0.4) is 0 Å². The number of hydrogen-bond donors (Lipinski definition) is 1. The van der Waals surface area contributed by atoms with Crippen molar-refractivity contribution in [3.8, 4) is 11.6 Å². The zero-order valence-corrected chi connectivity index (χ0v) is 11.7. The minimum atomic E-state index is 0.357. The number of nitrogens with zero attached hydrogens (tertiary/aromatic N) is 3. The molecule has 0 bridgehead atoms. The molecule has 5 nitrogen and oxygen atoms in total. The smallest absolute Gasteiger partial charge is 0.248 e. The summed E-state index contributed by atoms with van der Waals surface area (Å²) in [6.07, 6.45) is 1.43. The molecular weight excluding hydrogens is 296 g/mol. The van der Waals surface area contributed by atoms with E-state index in [0.717, 1.165) is 4.47 Å². The van der Waals surface area contributed by atoms with E-state index in [1.165, 1.54) is 6.33 Å². The molecule has 2 N–H and O–H groups in total. The van der Waals surface area contributed by atoms with Crippen LogP contribution in [0.4, 0.5) is 11.5 Å². The number of halogens is 1. The highest BCUT2D eigenvalue weighted by atomic mass is 79.9. The van der Waals surface area contributed by atoms with Crippen molar-refractivity contribution in [3.63, 3.8) is 0 Å². The van der Waals surface area contributed by atoms with Crippen LogP contribution in [0.25, 0.3) is 0 Å². The van der Waals surface area contributed by atoms with Crippen LogP contribution >= 0.6 is 15.9 Å². The molecule has 6 heteroatoms. The quantitative estimate of drug-likeness (QED) is 0.944. The number of nitrogen functional groups attached to an aromatic ring is 1. The van der Waals surface area contributed by atoms with Crippen LogP contribution in [0.1, 0.15) is 0 Å². The number of rotatable bonds is 3. The Kier molecular flexibility index (Phi) is 3.66. The highest BCUT2D eigenvalue weighted by Gasteiger charge is 2.11. The van der Waals surface area contributed by atoms with Gasteiger partial charge in [0, 0.05) is 18.6 Å². The Morgan fingerprint density at radius 1 is 1.17 bits per heavy atom. The first-order chi connectivity index (χ1) is 8.58. The van der Waals surface area contributed by atoms with Gasteiger partial charge < -0.3 is 15.4 Å². The van der Waals surface area contributed by atoms with E-state index < -0.39 is 0 Å². The number of hydrogen-bond acceptors (Lipinski definition) is 5. The van der Waals surface area contributed by atoms with Gasteiger partial charge >= 0.3 is 0 Å². The van der Waals surface area contributed by atoms with Crippen molar-refractivity contribution >= 4 is 27.4 Å². The predicted molar refractivity (Wildman–Crippen MR) is 75.0 cm³/mol. The fraction of sp³-hybridized carbons (Fsp3) is 0.167. The Morgan fingerprint density at radius 2 is 1.83 bits per heavy atom. The molecule has 0 atom stereocenters. The highest BCUT2D eigenvalue weighted by Crippen LogP contribution is 2.30. The van der Waals surface area contributed by atoms with Crippen LogP contribution in [0.2, 0.25) is 0 Å². The average Bonchev–Trinajstić information content (AvgIpc) is 2.34. The predicted octanol–water partition coefficient (Wildman–Crippen LogP) is 2.68. The third kappa shape index (κ3) is 2.70. The first-order valence-electron chi connectivity index (χ1n) is 5.29. The van der Waals surface area contributed by atoms with Crippen LogP contribution in [-0.2, 0) is 0 Å². The molecule has 0 aliphatic rings. The lowest BCUT2D eigenvalue weighted by atomic mass is 10.3. The summed E-state index contributed by atoms with van der Waals surface area (Å²) < 4.78 is 6.62. The topological polar surface area (TPSA) is 64.3 Å². The minimum Gasteiger partial charge on any atom is -0.437 e. The zero-order valence-electron chi connectivity index (χ0n) is 10.1. The lowest BCUT2D eigenvalue weighted by Gasteiger charge is -2.15. The Hall–Kier alpha value is -1.82. The highest BCUT2D eigenvalue weighted by molar-refractivity contribution is 9.10. The summed E-state index contributed by atoms with van der Waals surface area (Å²) in [5.41, 5.74) is 6.38. The summed E-state index contributed by atoms with van der Waals surface area (Å²) in [4.78, 5) is 9.95. The van der Waals surface area contributed by atoms with Crippen molar-refractivity contribution in [1.29, 1.82) is 0 Å². The molecule has 1 aromatic heterocycles. The van der Waals surface area contributed by atoms with Crippen molar-refractivity contribution in [2.24, 2.45) is 0 Å². The molecule has 94 valence electrons. The number of benzene rings is 1. The van der Waals surface area contributed by atoms with Gasteiger partial charge in [-0.25, -0.2) is 4.98 Å². The van der Waals surface area contributed by atoms with E-state index in [2.05, 4.69) is 25.9 Å². The standard InChI is InChI=1S/C12H13BrN4O/c1-17(2)11-10(14)12(16-7-15-11)18-9-5-3-8(13)4-6-9/h3-7H,14H2,1-2H3. The summed E-state index contributed by atoms with van der Waals surface area (Å²) in [7, 11) is 3.73. The average molecular weight is 309 g/mol. The third-order valence-corrected chi connectivity index (χ3v) is 2.81. The number of nitrogens with two attached hydrogens (primary N) is 1. The lowest BCUT2D eigenvalue weighted by Crippen LogP contribution is -2.14. The van der Waals surface area contributed by atoms with Gasteiger partial charge in [0.1, 0.15) is 17.8 Å².